The van der Waals surface area contributed by atoms with E-state index in [-0.39, 0.29) is 20.8 Å². The first-order chi connectivity index (χ1) is 15.7. The fraction of sp³-hybridized carbons (Fsp3) is 0.0952. The van der Waals surface area contributed by atoms with Gasteiger partial charge in [-0.2, -0.15) is 0 Å². The summed E-state index contributed by atoms with van der Waals surface area (Å²) in [6.45, 7) is 1.61. The summed E-state index contributed by atoms with van der Waals surface area (Å²) in [5, 5.41) is 5.39. The highest BCUT2D eigenvalue weighted by Crippen LogP contribution is 2.29. The van der Waals surface area contributed by atoms with Gasteiger partial charge in [-0.3, -0.25) is 9.59 Å². The number of sulfonamides is 1. The number of imide groups is 1. The van der Waals surface area contributed by atoms with Crippen LogP contribution in [0.3, 0.4) is 0 Å². The summed E-state index contributed by atoms with van der Waals surface area (Å²) < 4.78 is 26.6. The van der Waals surface area contributed by atoms with Crippen molar-refractivity contribution in [2.45, 2.75) is 11.1 Å². The zero-order chi connectivity index (χ0) is 23.8. The molecule has 0 atom stereocenters. The summed E-state index contributed by atoms with van der Waals surface area (Å²) in [6, 6.07) is 13.1. The van der Waals surface area contributed by atoms with Crippen molar-refractivity contribution in [1.29, 1.82) is 0 Å². The van der Waals surface area contributed by atoms with Crippen LogP contribution < -0.4 is 20.3 Å². The smallest absolute Gasteiger partial charge is 0.333 e. The molecule has 33 heavy (non-hydrogen) atoms. The molecule has 1 aliphatic rings. The van der Waals surface area contributed by atoms with Gasteiger partial charge in [-0.15, -0.1) is 11.3 Å². The van der Waals surface area contributed by atoms with Gasteiger partial charge in [0.1, 0.15) is 4.21 Å². The standard InChI is InChI=1S/C21H17ClN4O5S2/c1-12-10-13(24-21(29)25-33(30,31)19-9-8-17(22)32-19)6-7-16(12)26-18(27)11-23-15-5-3-2-4-14(15)20(26)28/h2-10,23H,11H2,1H3,(H2,24,25,29). The predicted molar refractivity (Wildman–Crippen MR) is 127 cm³/mol. The Kier molecular flexibility index (Phi) is 6.11. The first-order valence-corrected chi connectivity index (χ1v) is 12.2. The lowest BCUT2D eigenvalue weighted by Gasteiger charge is -2.21. The highest BCUT2D eigenvalue weighted by Gasteiger charge is 2.30. The first-order valence-electron chi connectivity index (χ1n) is 9.56. The number of carbonyl (C=O) groups excluding carboxylic acids is 3. The fourth-order valence-corrected chi connectivity index (χ4v) is 5.70. The molecule has 4 rings (SSSR count). The van der Waals surface area contributed by atoms with Gasteiger partial charge < -0.3 is 10.6 Å². The largest absolute Gasteiger partial charge is 0.375 e. The molecule has 0 unspecified atom stereocenters. The summed E-state index contributed by atoms with van der Waals surface area (Å²) in [6.07, 6.45) is 0. The van der Waals surface area contributed by atoms with Crippen molar-refractivity contribution in [2.24, 2.45) is 0 Å². The van der Waals surface area contributed by atoms with E-state index in [1.54, 1.807) is 31.2 Å². The molecule has 2 aromatic carbocycles. The normalized spacial score (nSPS) is 13.7. The number of fused-ring (bicyclic) bond motifs is 1. The molecule has 12 heteroatoms. The van der Waals surface area contributed by atoms with E-state index in [2.05, 4.69) is 10.6 Å². The van der Waals surface area contributed by atoms with E-state index < -0.39 is 27.9 Å². The maximum absolute atomic E-state index is 13.1. The van der Waals surface area contributed by atoms with Gasteiger partial charge in [0.25, 0.3) is 21.8 Å². The van der Waals surface area contributed by atoms with Crippen LogP contribution in [-0.2, 0) is 14.8 Å². The first kappa shape index (κ1) is 22.8. The molecule has 3 N–H and O–H groups in total. The molecule has 9 nitrogen and oxygen atoms in total. The number of rotatable bonds is 4. The molecular weight excluding hydrogens is 488 g/mol. The summed E-state index contributed by atoms with van der Waals surface area (Å²) in [5.74, 6) is -0.902. The van der Waals surface area contributed by atoms with Gasteiger partial charge in [0.05, 0.1) is 22.1 Å². The Morgan fingerprint density at radius 3 is 2.58 bits per heavy atom. The van der Waals surface area contributed by atoms with Crippen LogP contribution in [0.25, 0.3) is 0 Å². The Morgan fingerprint density at radius 1 is 1.12 bits per heavy atom. The molecule has 0 saturated heterocycles. The van der Waals surface area contributed by atoms with Crippen LogP contribution >= 0.6 is 22.9 Å². The Labute approximate surface area is 198 Å². The Balaban J connectivity index is 1.54. The lowest BCUT2D eigenvalue weighted by molar-refractivity contribution is -0.116. The van der Waals surface area contributed by atoms with Crippen molar-refractivity contribution in [3.05, 3.63) is 70.1 Å². The Morgan fingerprint density at radius 2 is 1.88 bits per heavy atom. The Hall–Kier alpha value is -3.41. The van der Waals surface area contributed by atoms with Gasteiger partial charge in [-0.25, -0.2) is 22.8 Å². The number of nitrogens with one attached hydrogen (secondary N) is 3. The maximum Gasteiger partial charge on any atom is 0.333 e. The Bertz CT molecular complexity index is 1390. The minimum Gasteiger partial charge on any atom is -0.375 e. The van der Waals surface area contributed by atoms with Crippen LogP contribution in [0, 0.1) is 6.92 Å². The second-order valence-corrected chi connectivity index (χ2v) is 10.7. The number of hydrogen-bond acceptors (Lipinski definition) is 7. The average Bonchev–Trinajstić information content (AvgIpc) is 3.16. The number of thiophene rings is 1. The van der Waals surface area contributed by atoms with Crippen molar-refractivity contribution in [2.75, 3.05) is 22.1 Å². The number of hydrogen-bond donors (Lipinski definition) is 3. The summed E-state index contributed by atoms with van der Waals surface area (Å²) in [5.41, 5.74) is 2.10. The average molecular weight is 505 g/mol. The van der Waals surface area contributed by atoms with Crippen molar-refractivity contribution in [1.82, 2.24) is 4.72 Å². The molecule has 1 aromatic heterocycles. The number of nitrogens with zero attached hydrogens (tertiary/aromatic N) is 1. The molecule has 170 valence electrons. The molecule has 2 heterocycles. The van der Waals surface area contributed by atoms with Crippen LogP contribution in [0.2, 0.25) is 4.34 Å². The predicted octanol–water partition coefficient (Wildman–Crippen LogP) is 3.82. The lowest BCUT2D eigenvalue weighted by Crippen LogP contribution is -2.38. The highest BCUT2D eigenvalue weighted by atomic mass is 35.5. The zero-order valence-corrected chi connectivity index (χ0v) is 19.5. The monoisotopic (exact) mass is 504 g/mol. The van der Waals surface area contributed by atoms with Crippen LogP contribution in [0.15, 0.2) is 58.8 Å². The summed E-state index contributed by atoms with van der Waals surface area (Å²) in [4.78, 5) is 39.1. The van der Waals surface area contributed by atoms with Crippen molar-refractivity contribution in [3.63, 3.8) is 0 Å². The molecule has 1 aliphatic heterocycles. The number of halogens is 1. The van der Waals surface area contributed by atoms with E-state index in [1.165, 1.54) is 30.3 Å². The third kappa shape index (κ3) is 4.70. The van der Waals surface area contributed by atoms with Gasteiger partial charge in [-0.05, 0) is 55.0 Å². The zero-order valence-electron chi connectivity index (χ0n) is 17.1. The number of benzene rings is 2. The van der Waals surface area contributed by atoms with Crippen LogP contribution in [-0.4, -0.2) is 32.8 Å². The second kappa shape index (κ2) is 8.85. The summed E-state index contributed by atoms with van der Waals surface area (Å²) >= 11 is 6.58. The number of amides is 4. The molecule has 0 radical (unpaired) electrons. The number of carbonyl (C=O) groups is 3. The van der Waals surface area contributed by atoms with Gasteiger partial charge in [0, 0.05) is 11.4 Å². The molecular formula is C21H17ClN4O5S2. The number of anilines is 3. The molecule has 0 fully saturated rings. The van der Waals surface area contributed by atoms with E-state index in [0.29, 0.717) is 22.5 Å². The van der Waals surface area contributed by atoms with Crippen LogP contribution in [0.4, 0.5) is 21.9 Å². The maximum atomic E-state index is 13.1. The third-order valence-corrected chi connectivity index (χ3v) is 7.83. The van der Waals surface area contributed by atoms with Crippen molar-refractivity contribution < 1.29 is 22.8 Å². The highest BCUT2D eigenvalue weighted by molar-refractivity contribution is 7.92. The minimum absolute atomic E-state index is 0.0603. The quantitative estimate of drug-likeness (QED) is 0.464. The van der Waals surface area contributed by atoms with Crippen molar-refractivity contribution in [3.8, 4) is 0 Å². The minimum atomic E-state index is -4.07. The van der Waals surface area contributed by atoms with E-state index in [4.69, 9.17) is 11.6 Å². The van der Waals surface area contributed by atoms with Crippen LogP contribution in [0.1, 0.15) is 15.9 Å². The van der Waals surface area contributed by atoms with Gasteiger partial charge in [0.15, 0.2) is 0 Å². The summed E-state index contributed by atoms with van der Waals surface area (Å²) in [7, 11) is -4.07. The molecule has 0 bridgehead atoms. The topological polar surface area (TPSA) is 125 Å². The fourth-order valence-electron chi connectivity index (χ4n) is 3.31. The van der Waals surface area contributed by atoms with Gasteiger partial charge >= 0.3 is 6.03 Å². The number of urea groups is 1. The molecule has 0 aliphatic carbocycles. The molecule has 0 spiro atoms. The SMILES string of the molecule is Cc1cc(NC(=O)NS(=O)(=O)c2ccc(Cl)s2)ccc1N1C(=O)CNc2ccccc2C1=O. The molecule has 3 aromatic rings. The van der Waals surface area contributed by atoms with Gasteiger partial charge in [-0.1, -0.05) is 23.7 Å². The third-order valence-electron chi connectivity index (χ3n) is 4.78. The van der Waals surface area contributed by atoms with E-state index in [0.717, 1.165) is 16.2 Å². The van der Waals surface area contributed by atoms with Crippen molar-refractivity contribution >= 4 is 67.9 Å². The van der Waals surface area contributed by atoms with E-state index in [1.807, 2.05) is 4.72 Å². The van der Waals surface area contributed by atoms with E-state index in [9.17, 15) is 22.8 Å². The van der Waals surface area contributed by atoms with Gasteiger partial charge in [0.2, 0.25) is 0 Å². The second-order valence-electron chi connectivity index (χ2n) is 7.05. The van der Waals surface area contributed by atoms with Crippen LogP contribution in [0.5, 0.6) is 0 Å². The van der Waals surface area contributed by atoms with E-state index >= 15 is 0 Å². The molecule has 4 amide bonds. The molecule has 0 saturated carbocycles. The lowest BCUT2D eigenvalue weighted by atomic mass is 10.1. The number of para-hydroxylation sites is 1. The number of aryl methyl sites for hydroxylation is 1.